The first kappa shape index (κ1) is 13.4. The molecule has 20 heavy (non-hydrogen) atoms. The van der Waals surface area contributed by atoms with Crippen molar-refractivity contribution in [2.24, 2.45) is 0 Å². The molecule has 1 aliphatic rings. The van der Waals surface area contributed by atoms with Crippen molar-refractivity contribution >= 4 is 17.2 Å². The number of aromatic nitrogens is 2. The maximum atomic E-state index is 12.4. The molecule has 5 heteroatoms. The normalized spacial score (nSPS) is 19.2. The summed E-state index contributed by atoms with van der Waals surface area (Å²) < 4.78 is 2.12. The largest absolute Gasteiger partial charge is 0.340 e. The van der Waals surface area contributed by atoms with Gasteiger partial charge in [0.15, 0.2) is 0 Å². The van der Waals surface area contributed by atoms with Crippen LogP contribution in [0.25, 0.3) is 0 Å². The van der Waals surface area contributed by atoms with Crippen LogP contribution in [0.15, 0.2) is 30.9 Å². The monoisotopic (exact) mass is 289 g/mol. The van der Waals surface area contributed by atoms with E-state index in [4.69, 9.17) is 0 Å². The van der Waals surface area contributed by atoms with Crippen molar-refractivity contribution < 1.29 is 4.79 Å². The van der Waals surface area contributed by atoms with Gasteiger partial charge in [0.25, 0.3) is 0 Å². The van der Waals surface area contributed by atoms with E-state index in [0.717, 1.165) is 30.8 Å². The maximum Gasteiger partial charge on any atom is 0.227 e. The third-order valence-corrected chi connectivity index (χ3v) is 4.82. The van der Waals surface area contributed by atoms with Gasteiger partial charge >= 0.3 is 0 Å². The number of rotatable bonds is 3. The summed E-state index contributed by atoms with van der Waals surface area (Å²) in [6.07, 6.45) is 8.36. The number of likely N-dealkylation sites (tertiary alicyclic amines) is 1. The molecule has 0 spiro atoms. The summed E-state index contributed by atoms with van der Waals surface area (Å²) in [4.78, 5) is 20.9. The Balaban J connectivity index is 1.63. The second-order valence-electron chi connectivity index (χ2n) is 5.33. The van der Waals surface area contributed by atoms with E-state index in [9.17, 15) is 4.79 Å². The molecule has 2 aromatic rings. The standard InChI is InChI=1S/C15H19N3OS/c1-12-4-5-14(20-12)9-15(19)17-7-2-3-13(10-17)18-8-6-16-11-18/h4-6,8,11,13H,2-3,7,9-10H2,1H3/t13-/m1/s1. The van der Waals surface area contributed by atoms with Crippen molar-refractivity contribution in [3.8, 4) is 0 Å². The lowest BCUT2D eigenvalue weighted by atomic mass is 10.1. The Morgan fingerprint density at radius 1 is 1.50 bits per heavy atom. The lowest BCUT2D eigenvalue weighted by molar-refractivity contribution is -0.132. The smallest absolute Gasteiger partial charge is 0.227 e. The van der Waals surface area contributed by atoms with Crippen LogP contribution in [-0.2, 0) is 11.2 Å². The van der Waals surface area contributed by atoms with Crippen molar-refractivity contribution in [2.75, 3.05) is 13.1 Å². The number of carbonyl (C=O) groups is 1. The van der Waals surface area contributed by atoms with Gasteiger partial charge in [-0.05, 0) is 31.9 Å². The number of hydrogen-bond acceptors (Lipinski definition) is 3. The van der Waals surface area contributed by atoms with E-state index in [0.29, 0.717) is 12.5 Å². The first-order chi connectivity index (χ1) is 9.72. The molecule has 2 aromatic heterocycles. The molecule has 0 bridgehead atoms. The number of piperidine rings is 1. The van der Waals surface area contributed by atoms with Crippen molar-refractivity contribution in [1.82, 2.24) is 14.5 Å². The van der Waals surface area contributed by atoms with Gasteiger partial charge in [0, 0.05) is 35.2 Å². The van der Waals surface area contributed by atoms with Crippen LogP contribution >= 0.6 is 11.3 Å². The number of amides is 1. The fourth-order valence-corrected chi connectivity index (χ4v) is 3.63. The molecule has 0 saturated carbocycles. The molecule has 1 aliphatic heterocycles. The maximum absolute atomic E-state index is 12.4. The van der Waals surface area contributed by atoms with Gasteiger partial charge < -0.3 is 9.47 Å². The first-order valence-corrected chi connectivity index (χ1v) is 7.84. The van der Waals surface area contributed by atoms with Crippen molar-refractivity contribution in [2.45, 2.75) is 32.2 Å². The average Bonchev–Trinajstić information content (AvgIpc) is 3.11. The molecule has 1 amide bonds. The van der Waals surface area contributed by atoms with Crippen LogP contribution in [0.2, 0.25) is 0 Å². The number of thiophene rings is 1. The predicted octanol–water partition coefficient (Wildman–Crippen LogP) is 2.66. The van der Waals surface area contributed by atoms with E-state index in [1.807, 2.05) is 17.4 Å². The zero-order valence-electron chi connectivity index (χ0n) is 11.7. The molecule has 106 valence electrons. The molecule has 0 N–H and O–H groups in total. The molecular formula is C15H19N3OS. The van der Waals surface area contributed by atoms with Crippen molar-refractivity contribution in [1.29, 1.82) is 0 Å². The minimum Gasteiger partial charge on any atom is -0.340 e. The van der Waals surface area contributed by atoms with Crippen LogP contribution in [0.3, 0.4) is 0 Å². The Morgan fingerprint density at radius 3 is 3.10 bits per heavy atom. The quantitative estimate of drug-likeness (QED) is 0.871. The zero-order chi connectivity index (χ0) is 13.9. The lowest BCUT2D eigenvalue weighted by Crippen LogP contribution is -2.41. The summed E-state index contributed by atoms with van der Waals surface area (Å²) in [5.41, 5.74) is 0. The molecule has 3 heterocycles. The van der Waals surface area contributed by atoms with Crippen LogP contribution in [-0.4, -0.2) is 33.4 Å². The van der Waals surface area contributed by atoms with Gasteiger partial charge in [-0.25, -0.2) is 4.98 Å². The van der Waals surface area contributed by atoms with E-state index in [-0.39, 0.29) is 5.91 Å². The van der Waals surface area contributed by atoms with Crippen molar-refractivity contribution in [3.05, 3.63) is 40.6 Å². The zero-order valence-corrected chi connectivity index (χ0v) is 12.5. The Labute approximate surface area is 123 Å². The minimum atomic E-state index is 0.247. The summed E-state index contributed by atoms with van der Waals surface area (Å²) in [5, 5.41) is 0. The van der Waals surface area contributed by atoms with E-state index < -0.39 is 0 Å². The number of aryl methyl sites for hydroxylation is 1. The summed E-state index contributed by atoms with van der Waals surface area (Å²) in [5.74, 6) is 0.247. The molecule has 0 aromatic carbocycles. The molecule has 0 unspecified atom stereocenters. The third kappa shape index (κ3) is 2.93. The highest BCUT2D eigenvalue weighted by Gasteiger charge is 2.24. The number of hydrogen-bond donors (Lipinski definition) is 0. The van der Waals surface area contributed by atoms with Gasteiger partial charge in [-0.15, -0.1) is 11.3 Å². The van der Waals surface area contributed by atoms with E-state index in [2.05, 4.69) is 28.6 Å². The number of nitrogens with zero attached hydrogens (tertiary/aromatic N) is 3. The fourth-order valence-electron chi connectivity index (χ4n) is 2.75. The van der Waals surface area contributed by atoms with Gasteiger partial charge in [0.2, 0.25) is 5.91 Å². The van der Waals surface area contributed by atoms with Crippen LogP contribution in [0, 0.1) is 6.92 Å². The molecule has 1 atom stereocenters. The molecule has 0 radical (unpaired) electrons. The Bertz CT molecular complexity index is 576. The van der Waals surface area contributed by atoms with Crippen LogP contribution in [0.4, 0.5) is 0 Å². The minimum absolute atomic E-state index is 0.247. The second-order valence-corrected chi connectivity index (χ2v) is 6.71. The highest BCUT2D eigenvalue weighted by Crippen LogP contribution is 2.23. The van der Waals surface area contributed by atoms with Gasteiger partial charge in [0.1, 0.15) is 0 Å². The first-order valence-electron chi connectivity index (χ1n) is 7.03. The fraction of sp³-hybridized carbons (Fsp3) is 0.467. The molecular weight excluding hydrogens is 270 g/mol. The van der Waals surface area contributed by atoms with Gasteiger partial charge in [-0.1, -0.05) is 0 Å². The summed E-state index contributed by atoms with van der Waals surface area (Å²) >= 11 is 1.72. The predicted molar refractivity (Wildman–Crippen MR) is 79.8 cm³/mol. The third-order valence-electron chi connectivity index (χ3n) is 3.82. The summed E-state index contributed by atoms with van der Waals surface area (Å²) in [7, 11) is 0. The molecule has 4 nitrogen and oxygen atoms in total. The highest BCUT2D eigenvalue weighted by atomic mass is 32.1. The van der Waals surface area contributed by atoms with E-state index in [1.54, 1.807) is 17.5 Å². The lowest BCUT2D eigenvalue weighted by Gasteiger charge is -2.33. The summed E-state index contributed by atoms with van der Waals surface area (Å²) in [6, 6.07) is 4.52. The van der Waals surface area contributed by atoms with Gasteiger partial charge in [-0.3, -0.25) is 4.79 Å². The topological polar surface area (TPSA) is 38.1 Å². The van der Waals surface area contributed by atoms with Crippen LogP contribution < -0.4 is 0 Å². The molecule has 3 rings (SSSR count). The number of imidazole rings is 1. The Hall–Kier alpha value is -1.62. The van der Waals surface area contributed by atoms with E-state index in [1.165, 1.54) is 4.88 Å². The average molecular weight is 289 g/mol. The van der Waals surface area contributed by atoms with Gasteiger partial charge in [-0.2, -0.15) is 0 Å². The molecule has 1 saturated heterocycles. The Morgan fingerprint density at radius 2 is 2.40 bits per heavy atom. The second kappa shape index (κ2) is 5.79. The molecule has 1 fully saturated rings. The van der Waals surface area contributed by atoms with Gasteiger partial charge in [0.05, 0.1) is 18.8 Å². The van der Waals surface area contributed by atoms with Crippen LogP contribution in [0.5, 0.6) is 0 Å². The Kier molecular flexibility index (Phi) is 3.87. The molecule has 0 aliphatic carbocycles. The van der Waals surface area contributed by atoms with E-state index >= 15 is 0 Å². The van der Waals surface area contributed by atoms with Crippen molar-refractivity contribution in [3.63, 3.8) is 0 Å². The number of carbonyl (C=O) groups excluding carboxylic acids is 1. The van der Waals surface area contributed by atoms with Crippen LogP contribution in [0.1, 0.15) is 28.6 Å². The summed E-state index contributed by atoms with van der Waals surface area (Å²) in [6.45, 7) is 3.77. The highest BCUT2D eigenvalue weighted by molar-refractivity contribution is 7.12. The SMILES string of the molecule is Cc1ccc(CC(=O)N2CCC[C@@H](n3ccnc3)C2)s1.